The number of esters is 1. The molecule has 3 atom stereocenters. The summed E-state index contributed by atoms with van der Waals surface area (Å²) in [5, 5.41) is 3.27. The molecule has 0 spiro atoms. The zero-order chi connectivity index (χ0) is 18.4. The third kappa shape index (κ3) is 4.42. The van der Waals surface area contributed by atoms with E-state index in [1.54, 1.807) is 21.0 Å². The fraction of sp³-hybridized carbons (Fsp3) is 0.588. The minimum Gasteiger partial charge on any atom is -0.497 e. The van der Waals surface area contributed by atoms with Crippen LogP contribution < -0.4 is 10.1 Å². The molecule has 1 fully saturated rings. The van der Waals surface area contributed by atoms with E-state index in [0.717, 1.165) is 11.3 Å². The number of rotatable bonds is 8. The van der Waals surface area contributed by atoms with E-state index in [-0.39, 0.29) is 25.2 Å². The van der Waals surface area contributed by atoms with Crippen molar-refractivity contribution in [2.24, 2.45) is 5.92 Å². The Hall–Kier alpha value is -1.40. The summed E-state index contributed by atoms with van der Waals surface area (Å²) in [6.45, 7) is 4.07. The van der Waals surface area contributed by atoms with Crippen LogP contribution in [0.1, 0.15) is 31.9 Å². The van der Waals surface area contributed by atoms with Gasteiger partial charge < -0.3 is 18.5 Å². The number of methoxy groups -OCH3 is 2. The van der Waals surface area contributed by atoms with Gasteiger partial charge in [0.2, 0.25) is 0 Å². The number of carbonyl (C=O) groups excluding carboxylic acids is 1. The lowest BCUT2D eigenvalue weighted by atomic mass is 9.94. The second kappa shape index (κ2) is 8.81. The largest absolute Gasteiger partial charge is 0.497 e. The Morgan fingerprint density at radius 2 is 1.76 bits per heavy atom. The highest BCUT2D eigenvalue weighted by atomic mass is 31.2. The molecule has 1 aromatic rings. The summed E-state index contributed by atoms with van der Waals surface area (Å²) in [6, 6.07) is 7.06. The zero-order valence-corrected chi connectivity index (χ0v) is 16.0. The van der Waals surface area contributed by atoms with Crippen molar-refractivity contribution >= 4 is 13.6 Å². The molecule has 1 N–H and O–H groups in total. The highest BCUT2D eigenvalue weighted by Gasteiger charge is 2.48. The van der Waals surface area contributed by atoms with Gasteiger partial charge in [-0.05, 0) is 38.0 Å². The van der Waals surface area contributed by atoms with Crippen molar-refractivity contribution < 1.29 is 27.9 Å². The van der Waals surface area contributed by atoms with Crippen LogP contribution in [-0.4, -0.2) is 39.2 Å². The van der Waals surface area contributed by atoms with Crippen LogP contribution in [0.25, 0.3) is 0 Å². The molecule has 0 radical (unpaired) electrons. The molecule has 8 heteroatoms. The quantitative estimate of drug-likeness (QED) is 0.555. The lowest BCUT2D eigenvalue weighted by molar-refractivity contribution is -0.145. The van der Waals surface area contributed by atoms with E-state index in [9.17, 15) is 9.36 Å². The summed E-state index contributed by atoms with van der Waals surface area (Å²) in [4.78, 5) is 12.3. The van der Waals surface area contributed by atoms with E-state index in [2.05, 4.69) is 5.32 Å². The van der Waals surface area contributed by atoms with Crippen molar-refractivity contribution in [3.05, 3.63) is 29.8 Å². The third-order valence-electron chi connectivity index (χ3n) is 4.23. The maximum atomic E-state index is 13.1. The fourth-order valence-electron chi connectivity index (χ4n) is 3.09. The van der Waals surface area contributed by atoms with Crippen molar-refractivity contribution in [2.45, 2.75) is 32.1 Å². The minimum atomic E-state index is -3.37. The number of nitrogens with one attached hydrogen (secondary N) is 1. The molecule has 0 bridgehead atoms. The monoisotopic (exact) mass is 371 g/mol. The van der Waals surface area contributed by atoms with Gasteiger partial charge in [-0.2, -0.15) is 0 Å². The van der Waals surface area contributed by atoms with Gasteiger partial charge >= 0.3 is 13.6 Å². The van der Waals surface area contributed by atoms with E-state index in [0.29, 0.717) is 6.42 Å². The van der Waals surface area contributed by atoms with Crippen molar-refractivity contribution in [3.8, 4) is 5.75 Å². The SMILES string of the molecule is CCOP(=O)(OCC)[C@@H]1C[C@H](C(=O)OC)[C@H](c2ccc(OC)cc2)N1. The van der Waals surface area contributed by atoms with Crippen LogP contribution in [0.4, 0.5) is 0 Å². The van der Waals surface area contributed by atoms with E-state index in [1.807, 2.05) is 24.3 Å². The molecule has 2 rings (SSSR count). The molecule has 25 heavy (non-hydrogen) atoms. The Balaban J connectivity index is 2.30. The van der Waals surface area contributed by atoms with Gasteiger partial charge in [0.15, 0.2) is 0 Å². The van der Waals surface area contributed by atoms with Gasteiger partial charge in [0.25, 0.3) is 0 Å². The lowest BCUT2D eigenvalue weighted by Crippen LogP contribution is -2.28. The smallest absolute Gasteiger partial charge is 0.347 e. The molecule has 1 aliphatic rings. The highest BCUT2D eigenvalue weighted by Crippen LogP contribution is 2.57. The molecule has 1 aromatic carbocycles. The highest BCUT2D eigenvalue weighted by molar-refractivity contribution is 7.54. The second-order valence-electron chi connectivity index (χ2n) is 5.67. The predicted molar refractivity (Wildman–Crippen MR) is 93.6 cm³/mol. The Morgan fingerprint density at radius 3 is 2.24 bits per heavy atom. The molecule has 0 aliphatic carbocycles. The van der Waals surface area contributed by atoms with Crippen molar-refractivity contribution in [1.82, 2.24) is 5.32 Å². The maximum absolute atomic E-state index is 13.1. The van der Waals surface area contributed by atoms with Crippen LogP contribution in [0.3, 0.4) is 0 Å². The number of hydrogen-bond donors (Lipinski definition) is 1. The average Bonchev–Trinajstić information content (AvgIpc) is 3.07. The topological polar surface area (TPSA) is 83.1 Å². The van der Waals surface area contributed by atoms with Gasteiger partial charge in [-0.15, -0.1) is 0 Å². The first kappa shape index (κ1) is 19.9. The molecule has 140 valence electrons. The van der Waals surface area contributed by atoms with E-state index in [1.165, 1.54) is 7.11 Å². The molecular formula is C17H26NO6P. The minimum absolute atomic E-state index is 0.269. The lowest BCUT2D eigenvalue weighted by Gasteiger charge is -2.24. The summed E-state index contributed by atoms with van der Waals surface area (Å²) >= 11 is 0. The average molecular weight is 371 g/mol. The number of benzene rings is 1. The Labute approximate surface area is 148 Å². The molecule has 1 aliphatic heterocycles. The molecule has 0 saturated carbocycles. The number of ether oxygens (including phenoxy) is 2. The molecule has 1 heterocycles. The summed E-state index contributed by atoms with van der Waals surface area (Å²) in [6.07, 6.45) is 0.320. The number of hydrogen-bond acceptors (Lipinski definition) is 7. The van der Waals surface area contributed by atoms with Crippen LogP contribution in [0.2, 0.25) is 0 Å². The first-order chi connectivity index (χ1) is 12.0. The van der Waals surface area contributed by atoms with Crippen molar-refractivity contribution in [3.63, 3.8) is 0 Å². The van der Waals surface area contributed by atoms with Gasteiger partial charge in [0.1, 0.15) is 11.5 Å². The van der Waals surface area contributed by atoms with Crippen molar-refractivity contribution in [1.29, 1.82) is 0 Å². The first-order valence-electron chi connectivity index (χ1n) is 8.35. The van der Waals surface area contributed by atoms with Crippen LogP contribution in [0.15, 0.2) is 24.3 Å². The van der Waals surface area contributed by atoms with Gasteiger partial charge in [-0.25, -0.2) is 0 Å². The second-order valence-corrected chi connectivity index (χ2v) is 7.89. The van der Waals surface area contributed by atoms with Crippen LogP contribution in [0.5, 0.6) is 5.75 Å². The van der Waals surface area contributed by atoms with Gasteiger partial charge in [-0.1, -0.05) is 12.1 Å². The normalized spacial score (nSPS) is 23.4. The molecule has 0 unspecified atom stereocenters. The molecule has 1 saturated heterocycles. The zero-order valence-electron chi connectivity index (χ0n) is 15.1. The predicted octanol–water partition coefficient (Wildman–Crippen LogP) is 3.11. The van der Waals surface area contributed by atoms with Crippen LogP contribution in [-0.2, 0) is 23.1 Å². The van der Waals surface area contributed by atoms with Crippen LogP contribution >= 0.6 is 7.60 Å². The first-order valence-corrected chi connectivity index (χ1v) is 9.96. The summed E-state index contributed by atoms with van der Waals surface area (Å²) in [5.74, 6) is -0.668. The number of carbonyl (C=O) groups is 1. The van der Waals surface area contributed by atoms with Gasteiger partial charge in [0, 0.05) is 6.04 Å². The molecule has 0 amide bonds. The maximum Gasteiger partial charge on any atom is 0.347 e. The van der Waals surface area contributed by atoms with Gasteiger partial charge in [0.05, 0.1) is 33.4 Å². The van der Waals surface area contributed by atoms with Gasteiger partial charge in [-0.3, -0.25) is 14.7 Å². The van der Waals surface area contributed by atoms with E-state index >= 15 is 0 Å². The Kier molecular flexibility index (Phi) is 7.02. The van der Waals surface area contributed by atoms with Crippen LogP contribution in [0, 0.1) is 5.92 Å². The summed E-state index contributed by atoms with van der Waals surface area (Å²) in [7, 11) is -0.425. The summed E-state index contributed by atoms with van der Waals surface area (Å²) in [5.41, 5.74) is 0.887. The third-order valence-corrected chi connectivity index (χ3v) is 6.59. The molecule has 7 nitrogen and oxygen atoms in total. The summed E-state index contributed by atoms with van der Waals surface area (Å²) < 4.78 is 34.0. The standard InChI is InChI=1S/C17H26NO6P/c1-5-23-25(20,24-6-2)15-11-14(17(19)22-4)16(18-15)12-7-9-13(21-3)10-8-12/h7-10,14-16,18H,5-6,11H2,1-4H3/t14-,15+,16-/m0/s1. The fourth-order valence-corrected chi connectivity index (χ4v) is 5.07. The Morgan fingerprint density at radius 1 is 1.16 bits per heavy atom. The van der Waals surface area contributed by atoms with E-state index < -0.39 is 19.3 Å². The van der Waals surface area contributed by atoms with E-state index in [4.69, 9.17) is 18.5 Å². The van der Waals surface area contributed by atoms with Crippen molar-refractivity contribution in [2.75, 3.05) is 27.4 Å². The molecule has 0 aromatic heterocycles. The molecular weight excluding hydrogens is 345 g/mol. The Bertz CT molecular complexity index is 610.